The van der Waals surface area contributed by atoms with E-state index in [0.29, 0.717) is 12.1 Å². The standard InChI is InChI=1S/C17H18FN3O3/c1-20-9-11(8-19-20)14-7-15(14)17(23)21(10-16(22)24-2)13-5-3-4-12(18)6-13/h3-6,8-9,14-15H,7,10H2,1-2H3/t14-,15+/m1/s1. The Hall–Kier alpha value is -2.70. The number of hydrogen-bond acceptors (Lipinski definition) is 4. The zero-order chi connectivity index (χ0) is 17.3. The highest BCUT2D eigenvalue weighted by atomic mass is 19.1. The summed E-state index contributed by atoms with van der Waals surface area (Å²) in [5.74, 6) is -1.37. The quantitative estimate of drug-likeness (QED) is 0.785. The van der Waals surface area contributed by atoms with E-state index in [1.165, 1.54) is 30.2 Å². The summed E-state index contributed by atoms with van der Waals surface area (Å²) in [7, 11) is 3.07. The van der Waals surface area contributed by atoms with Gasteiger partial charge in [0, 0.05) is 24.8 Å². The lowest BCUT2D eigenvalue weighted by molar-refractivity contribution is -0.140. The highest BCUT2D eigenvalue weighted by Gasteiger charge is 2.47. The van der Waals surface area contributed by atoms with E-state index in [2.05, 4.69) is 9.84 Å². The smallest absolute Gasteiger partial charge is 0.325 e. The van der Waals surface area contributed by atoms with Crippen molar-refractivity contribution in [2.75, 3.05) is 18.6 Å². The van der Waals surface area contributed by atoms with Gasteiger partial charge in [-0.05, 0) is 36.1 Å². The molecule has 2 atom stereocenters. The molecule has 3 rings (SSSR count). The van der Waals surface area contributed by atoms with Gasteiger partial charge >= 0.3 is 5.97 Å². The molecule has 0 bridgehead atoms. The third kappa shape index (κ3) is 3.29. The fraction of sp³-hybridized carbons (Fsp3) is 0.353. The number of halogens is 1. The van der Waals surface area contributed by atoms with Crippen LogP contribution in [0.1, 0.15) is 17.9 Å². The second-order valence-electron chi connectivity index (χ2n) is 5.88. The Labute approximate surface area is 138 Å². The third-order valence-corrected chi connectivity index (χ3v) is 4.16. The fourth-order valence-corrected chi connectivity index (χ4v) is 2.80. The van der Waals surface area contributed by atoms with Crippen LogP contribution in [0.25, 0.3) is 0 Å². The van der Waals surface area contributed by atoms with Gasteiger partial charge in [-0.1, -0.05) is 6.07 Å². The normalized spacial score (nSPS) is 19.0. The number of carbonyl (C=O) groups is 2. The molecular formula is C17H18FN3O3. The Bertz CT molecular complexity index is 774. The van der Waals surface area contributed by atoms with Crippen molar-refractivity contribution in [3.05, 3.63) is 48.0 Å². The van der Waals surface area contributed by atoms with Crippen LogP contribution in [0.15, 0.2) is 36.7 Å². The number of methoxy groups -OCH3 is 1. The molecule has 1 aliphatic carbocycles. The van der Waals surface area contributed by atoms with Gasteiger partial charge in [0.15, 0.2) is 0 Å². The van der Waals surface area contributed by atoms with E-state index in [0.717, 1.165) is 5.56 Å². The number of nitrogens with zero attached hydrogens (tertiary/aromatic N) is 3. The van der Waals surface area contributed by atoms with Crippen LogP contribution in [0.2, 0.25) is 0 Å². The molecule has 0 N–H and O–H groups in total. The molecule has 1 fully saturated rings. The number of anilines is 1. The number of carbonyl (C=O) groups excluding carboxylic acids is 2. The Morgan fingerprint density at radius 1 is 1.46 bits per heavy atom. The van der Waals surface area contributed by atoms with Crippen molar-refractivity contribution in [3.8, 4) is 0 Å². The van der Waals surface area contributed by atoms with E-state index in [1.807, 2.05) is 13.2 Å². The highest BCUT2D eigenvalue weighted by Crippen LogP contribution is 2.48. The lowest BCUT2D eigenvalue weighted by atomic mass is 10.1. The van der Waals surface area contributed by atoms with Gasteiger partial charge in [0.25, 0.3) is 0 Å². The lowest BCUT2D eigenvalue weighted by Gasteiger charge is -2.22. The van der Waals surface area contributed by atoms with Gasteiger partial charge in [-0.3, -0.25) is 14.3 Å². The summed E-state index contributed by atoms with van der Waals surface area (Å²) in [6, 6.07) is 5.64. The number of benzene rings is 1. The monoisotopic (exact) mass is 331 g/mol. The first kappa shape index (κ1) is 16.2. The van der Waals surface area contributed by atoms with Gasteiger partial charge in [0.1, 0.15) is 12.4 Å². The summed E-state index contributed by atoms with van der Waals surface area (Å²) in [5, 5.41) is 4.12. The van der Waals surface area contributed by atoms with Gasteiger partial charge in [-0.2, -0.15) is 5.10 Å². The summed E-state index contributed by atoms with van der Waals surface area (Å²) in [6.45, 7) is -0.241. The molecule has 1 heterocycles. The Morgan fingerprint density at radius 2 is 2.25 bits per heavy atom. The topological polar surface area (TPSA) is 64.4 Å². The number of aromatic nitrogens is 2. The average Bonchev–Trinajstić information content (AvgIpc) is 3.26. The summed E-state index contributed by atoms with van der Waals surface area (Å²) in [6.07, 6.45) is 4.31. The second kappa shape index (κ2) is 6.43. The number of ether oxygens (including phenoxy) is 1. The molecule has 1 amide bonds. The molecule has 2 aromatic rings. The number of rotatable bonds is 5. The van der Waals surface area contributed by atoms with Crippen molar-refractivity contribution in [2.24, 2.45) is 13.0 Å². The predicted octanol–water partition coefficient (Wildman–Crippen LogP) is 1.87. The van der Waals surface area contributed by atoms with E-state index in [4.69, 9.17) is 0 Å². The molecule has 0 spiro atoms. The maximum atomic E-state index is 13.5. The average molecular weight is 331 g/mol. The molecule has 6 nitrogen and oxygen atoms in total. The number of hydrogen-bond donors (Lipinski definition) is 0. The zero-order valence-corrected chi connectivity index (χ0v) is 13.5. The van der Waals surface area contributed by atoms with Crippen LogP contribution in [-0.2, 0) is 21.4 Å². The molecule has 0 unspecified atom stereocenters. The van der Waals surface area contributed by atoms with Crippen molar-refractivity contribution < 1.29 is 18.7 Å². The SMILES string of the molecule is COC(=O)CN(C(=O)[C@H]1C[C@@H]1c1cnn(C)c1)c1cccc(F)c1. The van der Waals surface area contributed by atoms with Crippen LogP contribution in [-0.4, -0.2) is 35.3 Å². The minimum atomic E-state index is -0.550. The molecule has 24 heavy (non-hydrogen) atoms. The number of amides is 1. The van der Waals surface area contributed by atoms with Crippen molar-refractivity contribution in [3.63, 3.8) is 0 Å². The summed E-state index contributed by atoms with van der Waals surface area (Å²) >= 11 is 0. The van der Waals surface area contributed by atoms with Crippen molar-refractivity contribution in [1.29, 1.82) is 0 Å². The van der Waals surface area contributed by atoms with Crippen molar-refractivity contribution in [2.45, 2.75) is 12.3 Å². The maximum absolute atomic E-state index is 13.5. The molecule has 0 aliphatic heterocycles. The fourth-order valence-electron chi connectivity index (χ4n) is 2.80. The summed E-state index contributed by atoms with van der Waals surface area (Å²) < 4.78 is 19.9. The molecule has 1 aliphatic rings. The predicted molar refractivity (Wildman–Crippen MR) is 84.8 cm³/mol. The minimum Gasteiger partial charge on any atom is -0.468 e. The number of aryl methyl sites for hydroxylation is 1. The zero-order valence-electron chi connectivity index (χ0n) is 13.5. The largest absolute Gasteiger partial charge is 0.468 e. The maximum Gasteiger partial charge on any atom is 0.325 e. The van der Waals surface area contributed by atoms with Crippen LogP contribution >= 0.6 is 0 Å². The van der Waals surface area contributed by atoms with Crippen LogP contribution in [0.3, 0.4) is 0 Å². The molecule has 0 saturated heterocycles. The van der Waals surface area contributed by atoms with E-state index in [1.54, 1.807) is 16.9 Å². The Kier molecular flexibility index (Phi) is 4.33. The van der Waals surface area contributed by atoms with Crippen molar-refractivity contribution >= 4 is 17.6 Å². The van der Waals surface area contributed by atoms with Gasteiger partial charge in [-0.25, -0.2) is 4.39 Å². The molecule has 1 saturated carbocycles. The minimum absolute atomic E-state index is 0.0832. The second-order valence-corrected chi connectivity index (χ2v) is 5.88. The van der Waals surface area contributed by atoms with Gasteiger partial charge in [0.05, 0.1) is 13.3 Å². The molecule has 1 aromatic carbocycles. The molecular weight excluding hydrogens is 313 g/mol. The summed E-state index contributed by atoms with van der Waals surface area (Å²) in [5.41, 5.74) is 1.34. The number of esters is 1. The van der Waals surface area contributed by atoms with Crippen molar-refractivity contribution in [1.82, 2.24) is 9.78 Å². The van der Waals surface area contributed by atoms with Gasteiger partial charge < -0.3 is 9.64 Å². The first-order chi connectivity index (χ1) is 11.5. The van der Waals surface area contributed by atoms with E-state index in [9.17, 15) is 14.0 Å². The van der Waals surface area contributed by atoms with Crippen LogP contribution in [0, 0.1) is 11.7 Å². The molecule has 126 valence electrons. The summed E-state index contributed by atoms with van der Waals surface area (Å²) in [4.78, 5) is 25.8. The first-order valence-electron chi connectivity index (χ1n) is 7.62. The molecule has 0 radical (unpaired) electrons. The van der Waals surface area contributed by atoms with Gasteiger partial charge in [-0.15, -0.1) is 0 Å². The van der Waals surface area contributed by atoms with Crippen LogP contribution < -0.4 is 4.90 Å². The van der Waals surface area contributed by atoms with Crippen LogP contribution in [0.5, 0.6) is 0 Å². The van der Waals surface area contributed by atoms with E-state index < -0.39 is 11.8 Å². The Balaban J connectivity index is 1.80. The van der Waals surface area contributed by atoms with E-state index in [-0.39, 0.29) is 24.3 Å². The molecule has 1 aromatic heterocycles. The first-order valence-corrected chi connectivity index (χ1v) is 7.62. The molecule has 7 heteroatoms. The lowest BCUT2D eigenvalue weighted by Crippen LogP contribution is -2.37. The van der Waals surface area contributed by atoms with Gasteiger partial charge in [0.2, 0.25) is 5.91 Å². The van der Waals surface area contributed by atoms with E-state index >= 15 is 0 Å². The Morgan fingerprint density at radius 3 is 2.88 bits per heavy atom. The highest BCUT2D eigenvalue weighted by molar-refractivity contribution is 6.00. The third-order valence-electron chi connectivity index (χ3n) is 4.16. The van der Waals surface area contributed by atoms with Crippen LogP contribution in [0.4, 0.5) is 10.1 Å².